The molecule has 1 nitrogen and oxygen atoms in total. The molecule has 2 unspecified atom stereocenters. The number of hydrogen-bond donors (Lipinski definition) is 1. The number of likely N-dealkylation sites (N-methyl/N-ethyl adjacent to an activating group) is 1. The molecular weight excluding hydrogens is 242 g/mol. The van der Waals surface area contributed by atoms with Crippen LogP contribution in [0, 0.1) is 5.92 Å². The second kappa shape index (κ2) is 8.55. The van der Waals surface area contributed by atoms with Gasteiger partial charge in [-0.05, 0) is 36.9 Å². The molecule has 0 aliphatic rings. The zero-order valence-corrected chi connectivity index (χ0v) is 12.6. The number of nitrogens with one attached hydrogen (secondary N) is 1. The van der Waals surface area contributed by atoms with Crippen LogP contribution in [0.4, 0.5) is 0 Å². The Kier molecular flexibility index (Phi) is 7.38. The Morgan fingerprint density at radius 3 is 2.56 bits per heavy atom. The largest absolute Gasteiger partial charge is 0.314 e. The summed E-state index contributed by atoms with van der Waals surface area (Å²) >= 11 is 6.25. The number of unbranched alkanes of at least 4 members (excludes halogenated alkanes) is 1. The Bertz CT molecular complexity index is 338. The van der Waals surface area contributed by atoms with Gasteiger partial charge in [0.15, 0.2) is 0 Å². The summed E-state index contributed by atoms with van der Waals surface area (Å²) in [5, 5.41) is 4.50. The Hall–Kier alpha value is -0.530. The fourth-order valence-electron chi connectivity index (χ4n) is 2.36. The van der Waals surface area contributed by atoms with Crippen LogP contribution < -0.4 is 5.32 Å². The molecule has 0 bridgehead atoms. The molecule has 1 N–H and O–H groups in total. The second-order valence-corrected chi connectivity index (χ2v) is 5.49. The highest BCUT2D eigenvalue weighted by Gasteiger charge is 2.17. The van der Waals surface area contributed by atoms with E-state index in [2.05, 4.69) is 38.2 Å². The van der Waals surface area contributed by atoms with E-state index in [0.29, 0.717) is 12.0 Å². The maximum Gasteiger partial charge on any atom is 0.0438 e. The lowest BCUT2D eigenvalue weighted by atomic mass is 9.91. The average molecular weight is 268 g/mol. The van der Waals surface area contributed by atoms with E-state index < -0.39 is 0 Å². The fraction of sp³-hybridized carbons (Fsp3) is 0.625. The van der Waals surface area contributed by atoms with Gasteiger partial charge in [0.25, 0.3) is 0 Å². The summed E-state index contributed by atoms with van der Waals surface area (Å²) in [6.45, 7) is 7.79. The minimum atomic E-state index is 0.529. The van der Waals surface area contributed by atoms with Crippen LogP contribution in [0.15, 0.2) is 24.3 Å². The Morgan fingerprint density at radius 2 is 1.94 bits per heavy atom. The molecule has 18 heavy (non-hydrogen) atoms. The molecule has 0 saturated heterocycles. The Balaban J connectivity index is 2.64. The van der Waals surface area contributed by atoms with Crippen LogP contribution in [0.1, 0.15) is 45.6 Å². The molecule has 1 aromatic carbocycles. The van der Waals surface area contributed by atoms with Crippen molar-refractivity contribution in [3.8, 4) is 0 Å². The summed E-state index contributed by atoms with van der Waals surface area (Å²) in [7, 11) is 0. The molecule has 1 aromatic rings. The van der Waals surface area contributed by atoms with Gasteiger partial charge in [0.2, 0.25) is 0 Å². The van der Waals surface area contributed by atoms with E-state index in [1.807, 2.05) is 12.1 Å². The van der Waals surface area contributed by atoms with E-state index in [1.54, 1.807) is 0 Å². The first-order valence-corrected chi connectivity index (χ1v) is 7.53. The Morgan fingerprint density at radius 1 is 1.22 bits per heavy atom. The van der Waals surface area contributed by atoms with Crippen molar-refractivity contribution in [3.05, 3.63) is 34.9 Å². The van der Waals surface area contributed by atoms with E-state index in [4.69, 9.17) is 11.6 Å². The lowest BCUT2D eigenvalue weighted by molar-refractivity contribution is 0.352. The summed E-state index contributed by atoms with van der Waals surface area (Å²) in [4.78, 5) is 0. The van der Waals surface area contributed by atoms with Crippen molar-refractivity contribution in [2.75, 3.05) is 6.54 Å². The lowest BCUT2D eigenvalue weighted by Crippen LogP contribution is -2.36. The molecule has 0 saturated carbocycles. The topological polar surface area (TPSA) is 12.0 Å². The van der Waals surface area contributed by atoms with Gasteiger partial charge in [-0.15, -0.1) is 0 Å². The van der Waals surface area contributed by atoms with E-state index in [0.717, 1.165) is 18.0 Å². The summed E-state index contributed by atoms with van der Waals surface area (Å²) in [5.41, 5.74) is 1.26. The van der Waals surface area contributed by atoms with Crippen LogP contribution in [0.5, 0.6) is 0 Å². The van der Waals surface area contributed by atoms with Gasteiger partial charge in [-0.25, -0.2) is 0 Å². The minimum absolute atomic E-state index is 0.529. The third kappa shape index (κ3) is 4.99. The normalized spacial score (nSPS) is 14.4. The molecule has 0 amide bonds. The monoisotopic (exact) mass is 267 g/mol. The highest BCUT2D eigenvalue weighted by atomic mass is 35.5. The van der Waals surface area contributed by atoms with Gasteiger partial charge < -0.3 is 5.32 Å². The number of halogens is 1. The lowest BCUT2D eigenvalue weighted by Gasteiger charge is -2.25. The molecule has 0 radical (unpaired) electrons. The van der Waals surface area contributed by atoms with E-state index in [-0.39, 0.29) is 0 Å². The van der Waals surface area contributed by atoms with Gasteiger partial charge in [0.05, 0.1) is 0 Å². The first-order valence-electron chi connectivity index (χ1n) is 7.15. The molecule has 0 fully saturated rings. The highest BCUT2D eigenvalue weighted by Crippen LogP contribution is 2.21. The predicted octanol–water partition coefficient (Wildman–Crippen LogP) is 4.69. The maximum atomic E-state index is 6.25. The third-order valence-corrected chi connectivity index (χ3v) is 3.93. The van der Waals surface area contributed by atoms with Crippen molar-refractivity contribution >= 4 is 11.6 Å². The first kappa shape index (κ1) is 15.5. The summed E-state index contributed by atoms with van der Waals surface area (Å²) in [6.07, 6.45) is 4.90. The van der Waals surface area contributed by atoms with E-state index in [1.165, 1.54) is 24.8 Å². The quantitative estimate of drug-likeness (QED) is 0.721. The molecule has 0 heterocycles. The summed E-state index contributed by atoms with van der Waals surface area (Å²) in [6, 6.07) is 8.71. The van der Waals surface area contributed by atoms with Crippen LogP contribution in [0.3, 0.4) is 0 Å². The number of benzene rings is 1. The average Bonchev–Trinajstić information content (AvgIpc) is 2.38. The van der Waals surface area contributed by atoms with Gasteiger partial charge >= 0.3 is 0 Å². The molecule has 2 heteroatoms. The van der Waals surface area contributed by atoms with Gasteiger partial charge in [0, 0.05) is 11.1 Å². The molecular formula is C16H26ClN. The van der Waals surface area contributed by atoms with E-state index >= 15 is 0 Å². The van der Waals surface area contributed by atoms with E-state index in [9.17, 15) is 0 Å². The highest BCUT2D eigenvalue weighted by molar-refractivity contribution is 6.31. The van der Waals surface area contributed by atoms with Crippen LogP contribution >= 0.6 is 11.6 Å². The minimum Gasteiger partial charge on any atom is -0.314 e. The van der Waals surface area contributed by atoms with Crippen LogP contribution in [0.2, 0.25) is 5.02 Å². The van der Waals surface area contributed by atoms with Crippen molar-refractivity contribution in [2.24, 2.45) is 5.92 Å². The maximum absolute atomic E-state index is 6.25. The van der Waals surface area contributed by atoms with Gasteiger partial charge in [-0.1, -0.05) is 63.4 Å². The summed E-state index contributed by atoms with van der Waals surface area (Å²) < 4.78 is 0. The van der Waals surface area contributed by atoms with Crippen LogP contribution in [-0.4, -0.2) is 12.6 Å². The van der Waals surface area contributed by atoms with Crippen LogP contribution in [-0.2, 0) is 6.42 Å². The summed E-state index contributed by atoms with van der Waals surface area (Å²) in [5.74, 6) is 0.696. The van der Waals surface area contributed by atoms with Crippen molar-refractivity contribution in [3.63, 3.8) is 0 Å². The SMILES string of the molecule is CCCCC(C)C(Cc1ccccc1Cl)NCC. The van der Waals surface area contributed by atoms with Crippen molar-refractivity contribution in [1.29, 1.82) is 0 Å². The van der Waals surface area contributed by atoms with Crippen molar-refractivity contribution < 1.29 is 0 Å². The zero-order valence-electron chi connectivity index (χ0n) is 11.9. The molecule has 0 aromatic heterocycles. The zero-order chi connectivity index (χ0) is 13.4. The van der Waals surface area contributed by atoms with Crippen molar-refractivity contribution in [2.45, 2.75) is 52.5 Å². The molecule has 1 rings (SSSR count). The van der Waals surface area contributed by atoms with Crippen molar-refractivity contribution in [1.82, 2.24) is 5.32 Å². The fourth-order valence-corrected chi connectivity index (χ4v) is 2.58. The predicted molar refractivity (Wildman–Crippen MR) is 81.3 cm³/mol. The smallest absolute Gasteiger partial charge is 0.0438 e. The number of hydrogen-bond acceptors (Lipinski definition) is 1. The standard InChI is InChI=1S/C16H26ClN/c1-4-6-9-13(3)16(18-5-2)12-14-10-7-8-11-15(14)17/h7-8,10-11,13,16,18H,4-6,9,12H2,1-3H3. The van der Waals surface area contributed by atoms with Gasteiger partial charge in [0.1, 0.15) is 0 Å². The molecule has 0 aliphatic carbocycles. The van der Waals surface area contributed by atoms with Gasteiger partial charge in [-0.2, -0.15) is 0 Å². The molecule has 102 valence electrons. The number of rotatable bonds is 8. The Labute approximate surface area is 117 Å². The second-order valence-electron chi connectivity index (χ2n) is 5.08. The molecule has 2 atom stereocenters. The molecule has 0 aliphatic heterocycles. The first-order chi connectivity index (χ1) is 8.69. The van der Waals surface area contributed by atoms with Gasteiger partial charge in [-0.3, -0.25) is 0 Å². The third-order valence-electron chi connectivity index (χ3n) is 3.56. The van der Waals surface area contributed by atoms with Crippen LogP contribution in [0.25, 0.3) is 0 Å². The molecule has 0 spiro atoms.